The number of hydrogen-bond donors (Lipinski definition) is 0. The maximum Gasteiger partial charge on any atom is 0.243 e. The van der Waals surface area contributed by atoms with Crippen molar-refractivity contribution in [3.63, 3.8) is 0 Å². The Morgan fingerprint density at radius 1 is 1.10 bits per heavy atom. The van der Waals surface area contributed by atoms with Gasteiger partial charge in [-0.3, -0.25) is 0 Å². The molecule has 0 amide bonds. The number of morpholine rings is 1. The Kier molecular flexibility index (Phi) is 4.52. The Hall–Kier alpha value is -0.910. The van der Waals surface area contributed by atoms with E-state index < -0.39 is 10.0 Å². The van der Waals surface area contributed by atoms with E-state index >= 15 is 0 Å². The van der Waals surface area contributed by atoms with E-state index in [2.05, 4.69) is 13.8 Å². The Morgan fingerprint density at radius 2 is 1.60 bits per heavy atom. The first kappa shape index (κ1) is 15.5. The van der Waals surface area contributed by atoms with Crippen LogP contribution in [0.25, 0.3) is 0 Å². The summed E-state index contributed by atoms with van der Waals surface area (Å²) < 4.78 is 32.5. The lowest BCUT2D eigenvalue weighted by Gasteiger charge is -2.37. The molecule has 5 heteroatoms. The second-order valence-corrected chi connectivity index (χ2v) is 7.64. The fourth-order valence-corrected chi connectivity index (χ4v) is 4.40. The molecule has 1 aromatic carbocycles. The molecule has 2 unspecified atom stereocenters. The van der Waals surface area contributed by atoms with Gasteiger partial charge in [0, 0.05) is 12.1 Å². The molecule has 2 rings (SSSR count). The molecule has 4 nitrogen and oxygen atoms in total. The van der Waals surface area contributed by atoms with Gasteiger partial charge >= 0.3 is 0 Å². The predicted octanol–water partition coefficient (Wildman–Crippen LogP) is 2.61. The van der Waals surface area contributed by atoms with E-state index in [0.717, 1.165) is 5.56 Å². The van der Waals surface area contributed by atoms with E-state index in [4.69, 9.17) is 4.74 Å². The van der Waals surface area contributed by atoms with Crippen LogP contribution in [0.2, 0.25) is 0 Å². The summed E-state index contributed by atoms with van der Waals surface area (Å²) in [5, 5.41) is 0. The summed E-state index contributed by atoms with van der Waals surface area (Å²) in [5.41, 5.74) is 1.15. The first-order valence-corrected chi connectivity index (χ1v) is 8.49. The number of ether oxygens (including phenoxy) is 1. The SMILES string of the molecule is CC(C)c1ccc(S(=O)(=O)N2C(C)COCC2C)cc1. The minimum atomic E-state index is -3.45. The van der Waals surface area contributed by atoms with Crippen molar-refractivity contribution in [2.75, 3.05) is 13.2 Å². The van der Waals surface area contributed by atoms with E-state index in [1.165, 1.54) is 0 Å². The van der Waals surface area contributed by atoms with Gasteiger partial charge in [0.1, 0.15) is 0 Å². The Bertz CT molecular complexity index is 541. The summed E-state index contributed by atoms with van der Waals surface area (Å²) in [6.45, 7) is 8.86. The van der Waals surface area contributed by atoms with Crippen LogP contribution in [0.4, 0.5) is 0 Å². The van der Waals surface area contributed by atoms with Crippen LogP contribution in [-0.2, 0) is 14.8 Å². The van der Waals surface area contributed by atoms with Gasteiger partial charge in [-0.25, -0.2) is 8.42 Å². The molecule has 0 aromatic heterocycles. The Morgan fingerprint density at radius 3 is 2.05 bits per heavy atom. The molecule has 0 saturated carbocycles. The molecule has 1 saturated heterocycles. The van der Waals surface area contributed by atoms with Crippen LogP contribution in [0, 0.1) is 0 Å². The van der Waals surface area contributed by atoms with Crippen molar-refractivity contribution in [2.24, 2.45) is 0 Å². The third kappa shape index (κ3) is 2.90. The molecule has 0 spiro atoms. The van der Waals surface area contributed by atoms with Gasteiger partial charge in [0.05, 0.1) is 18.1 Å². The van der Waals surface area contributed by atoms with Gasteiger partial charge in [-0.05, 0) is 37.5 Å². The van der Waals surface area contributed by atoms with E-state index in [-0.39, 0.29) is 12.1 Å². The van der Waals surface area contributed by atoms with Crippen molar-refractivity contribution < 1.29 is 13.2 Å². The van der Waals surface area contributed by atoms with Crippen LogP contribution in [0.5, 0.6) is 0 Å². The second-order valence-electron chi connectivity index (χ2n) is 5.79. The Balaban J connectivity index is 2.34. The van der Waals surface area contributed by atoms with E-state index in [0.29, 0.717) is 24.0 Å². The zero-order chi connectivity index (χ0) is 14.9. The van der Waals surface area contributed by atoms with Gasteiger partial charge in [-0.2, -0.15) is 4.31 Å². The standard InChI is InChI=1S/C15H23NO3S/c1-11(2)14-5-7-15(8-6-14)20(17,18)16-12(3)9-19-10-13(16)4/h5-8,11-13H,9-10H2,1-4H3. The molecule has 0 N–H and O–H groups in total. The van der Waals surface area contributed by atoms with Gasteiger partial charge in [0.15, 0.2) is 0 Å². The number of rotatable bonds is 3. The molecule has 20 heavy (non-hydrogen) atoms. The molecule has 0 radical (unpaired) electrons. The third-order valence-corrected chi connectivity index (χ3v) is 5.85. The van der Waals surface area contributed by atoms with Crippen LogP contribution in [0.1, 0.15) is 39.2 Å². The summed E-state index contributed by atoms with van der Waals surface area (Å²) in [6, 6.07) is 6.95. The lowest BCUT2D eigenvalue weighted by atomic mass is 10.0. The molecule has 1 heterocycles. The topological polar surface area (TPSA) is 46.6 Å². The van der Waals surface area contributed by atoms with Gasteiger partial charge < -0.3 is 4.74 Å². The van der Waals surface area contributed by atoms with Crippen molar-refractivity contribution >= 4 is 10.0 Å². The highest BCUT2D eigenvalue weighted by Gasteiger charge is 2.36. The quantitative estimate of drug-likeness (QED) is 0.861. The largest absolute Gasteiger partial charge is 0.378 e. The van der Waals surface area contributed by atoms with Crippen LogP contribution >= 0.6 is 0 Å². The minimum Gasteiger partial charge on any atom is -0.378 e. The molecular formula is C15H23NO3S. The molecule has 1 aliphatic heterocycles. The summed E-state index contributed by atoms with van der Waals surface area (Å²) in [4.78, 5) is 0.363. The zero-order valence-corrected chi connectivity index (χ0v) is 13.4. The molecule has 2 atom stereocenters. The number of sulfonamides is 1. The summed E-state index contributed by atoms with van der Waals surface area (Å²) in [6.07, 6.45) is 0. The normalized spacial score (nSPS) is 25.1. The van der Waals surface area contributed by atoms with Crippen molar-refractivity contribution in [3.8, 4) is 0 Å². The fourth-order valence-electron chi connectivity index (χ4n) is 2.61. The molecule has 0 aliphatic carbocycles. The first-order chi connectivity index (χ1) is 9.34. The van der Waals surface area contributed by atoms with Crippen LogP contribution in [0.15, 0.2) is 29.2 Å². The zero-order valence-electron chi connectivity index (χ0n) is 12.5. The smallest absolute Gasteiger partial charge is 0.243 e. The highest BCUT2D eigenvalue weighted by atomic mass is 32.2. The number of hydrogen-bond acceptors (Lipinski definition) is 3. The van der Waals surface area contributed by atoms with Crippen molar-refractivity contribution in [2.45, 2.75) is 50.6 Å². The number of nitrogens with zero attached hydrogens (tertiary/aromatic N) is 1. The van der Waals surface area contributed by atoms with E-state index in [1.807, 2.05) is 26.0 Å². The average Bonchev–Trinajstić information content (AvgIpc) is 2.38. The summed E-state index contributed by atoms with van der Waals surface area (Å²) in [5.74, 6) is 0.396. The van der Waals surface area contributed by atoms with Crippen LogP contribution < -0.4 is 0 Å². The third-order valence-electron chi connectivity index (χ3n) is 3.71. The molecule has 0 bridgehead atoms. The van der Waals surface area contributed by atoms with Crippen molar-refractivity contribution in [1.29, 1.82) is 0 Å². The van der Waals surface area contributed by atoms with Crippen LogP contribution in [-0.4, -0.2) is 38.0 Å². The second kappa shape index (κ2) is 5.84. The molecule has 112 valence electrons. The first-order valence-electron chi connectivity index (χ1n) is 7.05. The maximum absolute atomic E-state index is 12.8. The van der Waals surface area contributed by atoms with Gasteiger partial charge in [-0.15, -0.1) is 0 Å². The van der Waals surface area contributed by atoms with Gasteiger partial charge in [0.25, 0.3) is 0 Å². The molecule has 1 aromatic rings. The van der Waals surface area contributed by atoms with Crippen molar-refractivity contribution in [3.05, 3.63) is 29.8 Å². The lowest BCUT2D eigenvalue weighted by molar-refractivity contribution is 0.00636. The predicted molar refractivity (Wildman–Crippen MR) is 79.3 cm³/mol. The van der Waals surface area contributed by atoms with E-state index in [9.17, 15) is 8.42 Å². The minimum absolute atomic E-state index is 0.131. The maximum atomic E-state index is 12.8. The molecule has 1 fully saturated rings. The monoisotopic (exact) mass is 297 g/mol. The summed E-state index contributed by atoms with van der Waals surface area (Å²) in [7, 11) is -3.45. The fraction of sp³-hybridized carbons (Fsp3) is 0.600. The molecule has 1 aliphatic rings. The van der Waals surface area contributed by atoms with E-state index in [1.54, 1.807) is 16.4 Å². The summed E-state index contributed by atoms with van der Waals surface area (Å²) >= 11 is 0. The molecular weight excluding hydrogens is 274 g/mol. The van der Waals surface area contributed by atoms with Gasteiger partial charge in [0.2, 0.25) is 10.0 Å². The average molecular weight is 297 g/mol. The van der Waals surface area contributed by atoms with Gasteiger partial charge in [-0.1, -0.05) is 26.0 Å². The van der Waals surface area contributed by atoms with Crippen LogP contribution in [0.3, 0.4) is 0 Å². The highest BCUT2D eigenvalue weighted by molar-refractivity contribution is 7.89. The Labute approximate surface area is 121 Å². The number of benzene rings is 1. The lowest BCUT2D eigenvalue weighted by Crippen LogP contribution is -2.52. The van der Waals surface area contributed by atoms with Crippen molar-refractivity contribution in [1.82, 2.24) is 4.31 Å². The highest BCUT2D eigenvalue weighted by Crippen LogP contribution is 2.25.